The van der Waals surface area contributed by atoms with E-state index in [1.54, 1.807) is 25.8 Å². The molecule has 0 saturated heterocycles. The van der Waals surface area contributed by atoms with Gasteiger partial charge in [0.25, 0.3) is 0 Å². The van der Waals surface area contributed by atoms with Gasteiger partial charge in [0.2, 0.25) is 5.91 Å². The molecule has 19 heavy (non-hydrogen) atoms. The molecule has 1 aromatic carbocycles. The smallest absolute Gasteiger partial charge is 0.247 e. The molecule has 3 heteroatoms. The van der Waals surface area contributed by atoms with E-state index in [0.29, 0.717) is 0 Å². The largest absolute Gasteiger partial charge is 0.313 e. The van der Waals surface area contributed by atoms with Gasteiger partial charge in [0.15, 0.2) is 0 Å². The number of carbonyl (C=O) groups is 1. The zero-order valence-corrected chi connectivity index (χ0v) is 14.0. The molecule has 0 bridgehead atoms. The molecule has 2 nitrogen and oxygen atoms in total. The second kappa shape index (κ2) is 5.16. The molecule has 0 fully saturated rings. The van der Waals surface area contributed by atoms with E-state index < -0.39 is 4.87 Å². The fraction of sp³-hybridized carbons (Fsp3) is 0.562. The molecule has 0 aliphatic heterocycles. The van der Waals surface area contributed by atoms with Crippen LogP contribution in [-0.4, -0.2) is 17.8 Å². The van der Waals surface area contributed by atoms with Gasteiger partial charge in [-0.1, -0.05) is 0 Å². The molecular weight excluding hydrogens is 258 g/mol. The van der Waals surface area contributed by atoms with Gasteiger partial charge in [-0.15, -0.1) is 11.6 Å². The van der Waals surface area contributed by atoms with Crippen LogP contribution in [0.5, 0.6) is 0 Å². The highest BCUT2D eigenvalue weighted by molar-refractivity contribution is 6.36. The van der Waals surface area contributed by atoms with Gasteiger partial charge in [-0.05, 0) is 76.3 Å². The number of rotatable bonds is 2. The third kappa shape index (κ3) is 2.79. The van der Waals surface area contributed by atoms with E-state index in [1.165, 1.54) is 16.7 Å². The van der Waals surface area contributed by atoms with Gasteiger partial charge in [-0.2, -0.15) is 0 Å². The summed E-state index contributed by atoms with van der Waals surface area (Å²) in [5.74, 6) is -0.0805. The van der Waals surface area contributed by atoms with Crippen LogP contribution in [-0.2, 0) is 4.79 Å². The number of hydrogen-bond acceptors (Lipinski definition) is 1. The lowest BCUT2D eigenvalue weighted by molar-refractivity contribution is -0.120. The Morgan fingerprint density at radius 2 is 1.21 bits per heavy atom. The van der Waals surface area contributed by atoms with Gasteiger partial charge in [0, 0.05) is 12.7 Å². The summed E-state index contributed by atoms with van der Waals surface area (Å²) < 4.78 is 0. The summed E-state index contributed by atoms with van der Waals surface area (Å²) in [6.07, 6.45) is 0. The Bertz CT molecular complexity index is 498. The monoisotopic (exact) mass is 281 g/mol. The summed E-state index contributed by atoms with van der Waals surface area (Å²) in [5.41, 5.74) is 7.06. The SMILES string of the molecule is Cc1c(C)c(C)c(N(C)C(=O)C(C)(C)Cl)c(C)c1C. The number of carbonyl (C=O) groups excluding carboxylic acids is 1. The molecule has 0 N–H and O–H groups in total. The van der Waals surface area contributed by atoms with Crippen molar-refractivity contribution in [3.8, 4) is 0 Å². The topological polar surface area (TPSA) is 20.3 Å². The van der Waals surface area contributed by atoms with Gasteiger partial charge in [-0.3, -0.25) is 4.79 Å². The second-order valence-electron chi connectivity index (χ2n) is 5.81. The highest BCUT2D eigenvalue weighted by Crippen LogP contribution is 2.34. The number of nitrogens with zero attached hydrogens (tertiary/aromatic N) is 1. The lowest BCUT2D eigenvalue weighted by Crippen LogP contribution is -2.40. The maximum Gasteiger partial charge on any atom is 0.247 e. The predicted octanol–water partition coefficient (Wildman–Crippen LogP) is 4.21. The lowest BCUT2D eigenvalue weighted by Gasteiger charge is -2.29. The van der Waals surface area contributed by atoms with E-state index in [4.69, 9.17) is 11.6 Å². The van der Waals surface area contributed by atoms with E-state index in [0.717, 1.165) is 16.8 Å². The summed E-state index contributed by atoms with van der Waals surface area (Å²) in [4.78, 5) is 13.2. The van der Waals surface area contributed by atoms with Crippen molar-refractivity contribution in [1.82, 2.24) is 0 Å². The minimum Gasteiger partial charge on any atom is -0.313 e. The van der Waals surface area contributed by atoms with Gasteiger partial charge >= 0.3 is 0 Å². The van der Waals surface area contributed by atoms with Gasteiger partial charge in [-0.25, -0.2) is 0 Å². The highest BCUT2D eigenvalue weighted by Gasteiger charge is 2.30. The van der Waals surface area contributed by atoms with Crippen LogP contribution in [0, 0.1) is 34.6 Å². The van der Waals surface area contributed by atoms with Crippen LogP contribution in [0.1, 0.15) is 41.7 Å². The zero-order chi connectivity index (χ0) is 15.1. The van der Waals surface area contributed by atoms with Crippen molar-refractivity contribution in [2.24, 2.45) is 0 Å². The molecule has 0 radical (unpaired) electrons. The minimum atomic E-state index is -0.889. The maximum absolute atomic E-state index is 12.4. The first kappa shape index (κ1) is 16.0. The van der Waals surface area contributed by atoms with E-state index in [-0.39, 0.29) is 5.91 Å². The van der Waals surface area contributed by atoms with Crippen LogP contribution in [0.15, 0.2) is 0 Å². The highest BCUT2D eigenvalue weighted by atomic mass is 35.5. The Labute approximate surface area is 121 Å². The van der Waals surface area contributed by atoms with Crippen molar-refractivity contribution in [1.29, 1.82) is 0 Å². The number of hydrogen-bond donors (Lipinski definition) is 0. The van der Waals surface area contributed by atoms with E-state index in [1.807, 2.05) is 0 Å². The van der Waals surface area contributed by atoms with Crippen molar-refractivity contribution < 1.29 is 4.79 Å². The second-order valence-corrected chi connectivity index (χ2v) is 6.76. The van der Waals surface area contributed by atoms with Crippen LogP contribution in [0.3, 0.4) is 0 Å². The van der Waals surface area contributed by atoms with Crippen molar-refractivity contribution >= 4 is 23.2 Å². The van der Waals surface area contributed by atoms with Crippen LogP contribution < -0.4 is 4.90 Å². The molecule has 0 aliphatic carbocycles. The number of anilines is 1. The zero-order valence-electron chi connectivity index (χ0n) is 13.2. The molecule has 0 saturated carbocycles. The van der Waals surface area contributed by atoms with Crippen molar-refractivity contribution in [3.63, 3.8) is 0 Å². The molecule has 1 amide bonds. The van der Waals surface area contributed by atoms with E-state index >= 15 is 0 Å². The first-order valence-corrected chi connectivity index (χ1v) is 6.92. The molecule has 1 rings (SSSR count). The maximum atomic E-state index is 12.4. The van der Waals surface area contributed by atoms with Crippen molar-refractivity contribution in [2.45, 2.75) is 53.3 Å². The number of alkyl halides is 1. The fourth-order valence-corrected chi connectivity index (χ4v) is 2.61. The fourth-order valence-electron chi connectivity index (χ4n) is 2.48. The predicted molar refractivity (Wildman–Crippen MR) is 83.5 cm³/mol. The minimum absolute atomic E-state index is 0.0805. The molecule has 1 aromatic rings. The summed E-state index contributed by atoms with van der Waals surface area (Å²) >= 11 is 6.15. The van der Waals surface area contributed by atoms with Crippen molar-refractivity contribution in [2.75, 3.05) is 11.9 Å². The van der Waals surface area contributed by atoms with Gasteiger partial charge < -0.3 is 4.90 Å². The Hall–Kier alpha value is -1.02. The Kier molecular flexibility index (Phi) is 4.36. The molecular formula is C16H24ClNO. The molecule has 106 valence electrons. The quantitative estimate of drug-likeness (QED) is 0.744. The van der Waals surface area contributed by atoms with Gasteiger partial charge in [0.05, 0.1) is 0 Å². The molecule has 0 heterocycles. The molecule has 0 aromatic heterocycles. The summed E-state index contributed by atoms with van der Waals surface area (Å²) in [7, 11) is 1.80. The Morgan fingerprint density at radius 1 is 0.895 bits per heavy atom. The van der Waals surface area contributed by atoms with Gasteiger partial charge in [0.1, 0.15) is 4.87 Å². The third-order valence-corrected chi connectivity index (χ3v) is 4.27. The van der Waals surface area contributed by atoms with E-state index in [2.05, 4.69) is 34.6 Å². The summed E-state index contributed by atoms with van der Waals surface area (Å²) in [6, 6.07) is 0. The number of benzene rings is 1. The first-order chi connectivity index (χ1) is 8.50. The molecule has 0 atom stereocenters. The third-order valence-electron chi connectivity index (χ3n) is 4.11. The van der Waals surface area contributed by atoms with Crippen LogP contribution in [0.4, 0.5) is 5.69 Å². The lowest BCUT2D eigenvalue weighted by atomic mass is 9.92. The Morgan fingerprint density at radius 3 is 1.53 bits per heavy atom. The first-order valence-electron chi connectivity index (χ1n) is 6.54. The van der Waals surface area contributed by atoms with Crippen LogP contribution >= 0.6 is 11.6 Å². The van der Waals surface area contributed by atoms with Crippen LogP contribution in [0.2, 0.25) is 0 Å². The average Bonchev–Trinajstić information content (AvgIpc) is 2.31. The Balaban J connectivity index is 3.49. The van der Waals surface area contributed by atoms with Crippen molar-refractivity contribution in [3.05, 3.63) is 27.8 Å². The normalized spacial score (nSPS) is 11.6. The summed E-state index contributed by atoms with van der Waals surface area (Å²) in [6.45, 7) is 13.9. The molecule has 0 spiro atoms. The molecule has 0 unspecified atom stereocenters. The number of halogens is 1. The van der Waals surface area contributed by atoms with Crippen LogP contribution in [0.25, 0.3) is 0 Å². The van der Waals surface area contributed by atoms with E-state index in [9.17, 15) is 4.79 Å². The number of amides is 1. The average molecular weight is 282 g/mol. The summed E-state index contributed by atoms with van der Waals surface area (Å²) in [5, 5.41) is 0. The molecule has 0 aliphatic rings. The standard InChI is InChI=1S/C16H24ClNO/c1-9-10(2)12(4)14(13(5)11(9)3)18(8)15(19)16(6,7)17/h1-8H3.